The van der Waals surface area contributed by atoms with E-state index < -0.39 is 0 Å². The van der Waals surface area contributed by atoms with E-state index in [4.69, 9.17) is 4.52 Å². The van der Waals surface area contributed by atoms with E-state index in [0.717, 1.165) is 42.1 Å². The van der Waals surface area contributed by atoms with Crippen molar-refractivity contribution in [2.45, 2.75) is 38.6 Å². The predicted octanol–water partition coefficient (Wildman–Crippen LogP) is 3.68. The van der Waals surface area contributed by atoms with Gasteiger partial charge in [-0.05, 0) is 37.5 Å². The first-order chi connectivity index (χ1) is 12.2. The normalized spacial score (nSPS) is 18.3. The van der Waals surface area contributed by atoms with Gasteiger partial charge in [-0.3, -0.25) is 4.79 Å². The van der Waals surface area contributed by atoms with E-state index in [1.807, 2.05) is 42.2 Å². The fourth-order valence-electron chi connectivity index (χ4n) is 3.55. The number of fused-ring (bicyclic) bond motifs is 1. The van der Waals surface area contributed by atoms with Crippen molar-refractivity contribution in [2.24, 2.45) is 0 Å². The van der Waals surface area contributed by atoms with Crippen LogP contribution in [0.3, 0.4) is 0 Å². The third-order valence-electron chi connectivity index (χ3n) is 4.83. The minimum Gasteiger partial charge on any atom is -0.343 e. The van der Waals surface area contributed by atoms with E-state index in [-0.39, 0.29) is 11.9 Å². The van der Waals surface area contributed by atoms with Crippen LogP contribution in [0.5, 0.6) is 0 Å². The van der Waals surface area contributed by atoms with Crippen molar-refractivity contribution in [1.29, 1.82) is 0 Å². The van der Waals surface area contributed by atoms with Crippen LogP contribution in [-0.4, -0.2) is 32.5 Å². The highest BCUT2D eigenvalue weighted by molar-refractivity contribution is 5.96. The third kappa shape index (κ3) is 2.99. The van der Waals surface area contributed by atoms with E-state index in [9.17, 15) is 4.79 Å². The molecule has 1 aliphatic heterocycles. The van der Waals surface area contributed by atoms with E-state index in [0.29, 0.717) is 18.1 Å². The van der Waals surface area contributed by atoms with Crippen LogP contribution in [0.1, 0.15) is 53.6 Å². The van der Waals surface area contributed by atoms with Gasteiger partial charge in [0, 0.05) is 11.9 Å². The molecule has 1 saturated heterocycles. The lowest BCUT2D eigenvalue weighted by molar-refractivity contribution is 0.0664. The van der Waals surface area contributed by atoms with E-state index >= 15 is 0 Å². The molecule has 4 rings (SSSR count). The number of aryl methyl sites for hydroxylation is 1. The van der Waals surface area contributed by atoms with Crippen LogP contribution in [0.4, 0.5) is 0 Å². The molecule has 128 valence electrons. The molecule has 3 aromatic rings. The lowest BCUT2D eigenvalue weighted by atomic mass is 10.1. The van der Waals surface area contributed by atoms with Crippen molar-refractivity contribution < 1.29 is 9.32 Å². The van der Waals surface area contributed by atoms with Gasteiger partial charge in [0.2, 0.25) is 6.39 Å². The Morgan fingerprint density at radius 1 is 1.24 bits per heavy atom. The standard InChI is InChI=1S/C19H20N4O2/c1-13-11-16(21-15-8-5-4-7-14(13)15)19(24)23-10-6-2-3-9-17(23)18-20-12-25-22-18/h4-5,7-8,11-12,17H,2-3,6,9-10H2,1H3. The topological polar surface area (TPSA) is 72.1 Å². The van der Waals surface area contributed by atoms with Crippen LogP contribution in [0.15, 0.2) is 41.2 Å². The number of hydrogen-bond acceptors (Lipinski definition) is 5. The molecule has 0 radical (unpaired) electrons. The SMILES string of the molecule is Cc1cc(C(=O)N2CCCCCC2c2ncon2)nc2ccccc12. The van der Waals surface area contributed by atoms with Crippen LogP contribution < -0.4 is 0 Å². The molecular formula is C19H20N4O2. The second-order valence-electron chi connectivity index (χ2n) is 6.49. The third-order valence-corrected chi connectivity index (χ3v) is 4.83. The molecule has 0 aliphatic carbocycles. The number of amides is 1. The van der Waals surface area contributed by atoms with Crippen molar-refractivity contribution >= 4 is 16.8 Å². The number of benzene rings is 1. The summed E-state index contributed by atoms with van der Waals surface area (Å²) in [7, 11) is 0. The second kappa shape index (κ2) is 6.63. The second-order valence-corrected chi connectivity index (χ2v) is 6.49. The zero-order valence-electron chi connectivity index (χ0n) is 14.2. The molecule has 25 heavy (non-hydrogen) atoms. The average molecular weight is 336 g/mol. The maximum atomic E-state index is 13.2. The largest absolute Gasteiger partial charge is 0.343 e. The minimum absolute atomic E-state index is 0.0643. The lowest BCUT2D eigenvalue weighted by Gasteiger charge is -2.27. The van der Waals surface area contributed by atoms with Crippen molar-refractivity contribution in [3.05, 3.63) is 53.8 Å². The first-order valence-electron chi connectivity index (χ1n) is 8.67. The summed E-state index contributed by atoms with van der Waals surface area (Å²) in [4.78, 5) is 23.9. The van der Waals surface area contributed by atoms with Gasteiger partial charge >= 0.3 is 0 Å². The molecule has 0 spiro atoms. The Hall–Kier alpha value is -2.76. The molecule has 6 heteroatoms. The summed E-state index contributed by atoms with van der Waals surface area (Å²) in [6, 6.07) is 9.62. The number of carbonyl (C=O) groups is 1. The molecule has 1 amide bonds. The number of carbonyl (C=O) groups excluding carboxylic acids is 1. The Labute approximate surface area is 145 Å². The van der Waals surface area contributed by atoms with E-state index in [2.05, 4.69) is 15.1 Å². The first kappa shape index (κ1) is 15.7. The van der Waals surface area contributed by atoms with Crippen LogP contribution >= 0.6 is 0 Å². The average Bonchev–Trinajstić information content (AvgIpc) is 3.05. The number of rotatable bonds is 2. The van der Waals surface area contributed by atoms with Crippen molar-refractivity contribution in [2.75, 3.05) is 6.54 Å². The number of pyridine rings is 1. The van der Waals surface area contributed by atoms with Gasteiger partial charge in [-0.25, -0.2) is 4.98 Å². The summed E-state index contributed by atoms with van der Waals surface area (Å²) < 4.78 is 4.90. The fraction of sp³-hybridized carbons (Fsp3) is 0.368. The van der Waals surface area contributed by atoms with Crippen LogP contribution in [0, 0.1) is 6.92 Å². The molecule has 1 aromatic carbocycles. The van der Waals surface area contributed by atoms with Crippen molar-refractivity contribution in [3.63, 3.8) is 0 Å². The number of likely N-dealkylation sites (tertiary alicyclic amines) is 1. The van der Waals surface area contributed by atoms with Gasteiger partial charge in [0.05, 0.1) is 11.6 Å². The van der Waals surface area contributed by atoms with Gasteiger partial charge in [-0.1, -0.05) is 36.2 Å². The Balaban J connectivity index is 1.72. The lowest BCUT2D eigenvalue weighted by Crippen LogP contribution is -2.36. The minimum atomic E-state index is -0.151. The van der Waals surface area contributed by atoms with E-state index in [1.165, 1.54) is 6.39 Å². The Kier molecular flexibility index (Phi) is 4.17. The van der Waals surface area contributed by atoms with Gasteiger partial charge in [0.25, 0.3) is 5.91 Å². The Bertz CT molecular complexity index is 892. The van der Waals surface area contributed by atoms with Crippen LogP contribution in [-0.2, 0) is 0 Å². The highest BCUT2D eigenvalue weighted by Crippen LogP contribution is 2.30. The summed E-state index contributed by atoms with van der Waals surface area (Å²) >= 11 is 0. The first-order valence-corrected chi connectivity index (χ1v) is 8.67. The van der Waals surface area contributed by atoms with Crippen LogP contribution in [0.25, 0.3) is 10.9 Å². The Morgan fingerprint density at radius 3 is 2.96 bits per heavy atom. The zero-order chi connectivity index (χ0) is 17.2. The molecule has 2 aromatic heterocycles. The monoisotopic (exact) mass is 336 g/mol. The number of aromatic nitrogens is 3. The molecule has 1 aliphatic rings. The van der Waals surface area contributed by atoms with Crippen molar-refractivity contribution in [3.8, 4) is 0 Å². The van der Waals surface area contributed by atoms with Crippen LogP contribution in [0.2, 0.25) is 0 Å². The van der Waals surface area contributed by atoms with Gasteiger partial charge in [-0.2, -0.15) is 4.98 Å². The maximum Gasteiger partial charge on any atom is 0.273 e. The quantitative estimate of drug-likeness (QED) is 0.714. The predicted molar refractivity (Wildman–Crippen MR) is 93.0 cm³/mol. The van der Waals surface area contributed by atoms with Gasteiger partial charge in [0.15, 0.2) is 5.82 Å². The molecule has 3 heterocycles. The van der Waals surface area contributed by atoms with Gasteiger partial charge in [-0.15, -0.1) is 0 Å². The summed E-state index contributed by atoms with van der Waals surface area (Å²) in [5, 5.41) is 5.05. The van der Waals surface area contributed by atoms with Gasteiger partial charge in [0.1, 0.15) is 5.69 Å². The number of nitrogens with zero attached hydrogens (tertiary/aromatic N) is 4. The molecular weight excluding hydrogens is 316 g/mol. The fourth-order valence-corrected chi connectivity index (χ4v) is 3.55. The zero-order valence-corrected chi connectivity index (χ0v) is 14.2. The molecule has 0 saturated carbocycles. The Morgan fingerprint density at radius 2 is 2.12 bits per heavy atom. The van der Waals surface area contributed by atoms with Gasteiger partial charge < -0.3 is 9.42 Å². The summed E-state index contributed by atoms with van der Waals surface area (Å²) in [6.07, 6.45) is 5.29. The van der Waals surface area contributed by atoms with Crippen molar-refractivity contribution in [1.82, 2.24) is 20.0 Å². The highest BCUT2D eigenvalue weighted by Gasteiger charge is 2.31. The molecule has 1 unspecified atom stereocenters. The summed E-state index contributed by atoms with van der Waals surface area (Å²) in [5.41, 5.74) is 2.38. The van der Waals surface area contributed by atoms with E-state index in [1.54, 1.807) is 0 Å². The maximum absolute atomic E-state index is 13.2. The summed E-state index contributed by atoms with van der Waals surface area (Å²) in [5.74, 6) is 0.512. The number of hydrogen-bond donors (Lipinski definition) is 0. The molecule has 1 fully saturated rings. The molecule has 0 bridgehead atoms. The molecule has 0 N–H and O–H groups in total. The highest BCUT2D eigenvalue weighted by atomic mass is 16.5. The summed E-state index contributed by atoms with van der Waals surface area (Å²) in [6.45, 7) is 2.70. The smallest absolute Gasteiger partial charge is 0.273 e. The molecule has 1 atom stereocenters. The number of para-hydroxylation sites is 1. The molecule has 6 nitrogen and oxygen atoms in total.